The van der Waals surface area contributed by atoms with Crippen LogP contribution in [0.1, 0.15) is 40.5 Å². The van der Waals surface area contributed by atoms with Gasteiger partial charge in [0.25, 0.3) is 5.82 Å². The van der Waals surface area contributed by atoms with Crippen LogP contribution in [0.15, 0.2) is 12.4 Å². The third-order valence-corrected chi connectivity index (χ3v) is 3.58. The van der Waals surface area contributed by atoms with Crippen molar-refractivity contribution in [2.45, 2.75) is 33.4 Å². The van der Waals surface area contributed by atoms with Crippen molar-refractivity contribution in [1.82, 2.24) is 19.3 Å². The van der Waals surface area contributed by atoms with E-state index in [1.165, 1.54) is 11.0 Å². The molecule has 22 heavy (non-hydrogen) atoms. The Morgan fingerprint density at radius 3 is 2.82 bits per heavy atom. The molecule has 0 saturated carbocycles. The van der Waals surface area contributed by atoms with Crippen molar-refractivity contribution in [3.8, 4) is 6.07 Å². The minimum absolute atomic E-state index is 0.0571. The van der Waals surface area contributed by atoms with Crippen LogP contribution in [0, 0.1) is 25.2 Å². The van der Waals surface area contributed by atoms with Crippen molar-refractivity contribution in [3.05, 3.63) is 35.2 Å². The molecule has 7 heteroatoms. The van der Waals surface area contributed by atoms with Crippen LogP contribution >= 0.6 is 0 Å². The number of hydrogen-bond donors (Lipinski definition) is 0. The Morgan fingerprint density at radius 2 is 2.23 bits per heavy atom. The second kappa shape index (κ2) is 6.54. The van der Waals surface area contributed by atoms with Crippen LogP contribution in [0.2, 0.25) is 0 Å². The third-order valence-electron chi connectivity index (χ3n) is 3.58. The fraction of sp³-hybridized carbons (Fsp3) is 0.467. The van der Waals surface area contributed by atoms with E-state index in [0.29, 0.717) is 12.2 Å². The molecule has 0 fully saturated rings. The Balaban J connectivity index is 2.23. The first-order chi connectivity index (χ1) is 10.5. The van der Waals surface area contributed by atoms with E-state index in [9.17, 15) is 4.79 Å². The summed E-state index contributed by atoms with van der Waals surface area (Å²) in [6.45, 7) is 6.60. The fourth-order valence-electron chi connectivity index (χ4n) is 2.71. The predicted octanol–water partition coefficient (Wildman–Crippen LogP) is 1.66. The molecule has 0 bridgehead atoms. The first kappa shape index (κ1) is 15.9. The van der Waals surface area contributed by atoms with Crippen LogP contribution in [-0.4, -0.2) is 38.8 Å². The van der Waals surface area contributed by atoms with Gasteiger partial charge in [-0.1, -0.05) is 0 Å². The average molecular weight is 301 g/mol. The number of ether oxygens (including phenoxy) is 1. The molecule has 2 aromatic heterocycles. The lowest BCUT2D eigenvalue weighted by Gasteiger charge is -2.17. The van der Waals surface area contributed by atoms with Gasteiger partial charge in [0.2, 0.25) is 0 Å². The lowest BCUT2D eigenvalue weighted by Crippen LogP contribution is -2.16. The molecule has 2 heterocycles. The number of rotatable bonds is 6. The number of Topliss-reactive ketones (excluding diaryl/α,β-unsaturated/α-hetero) is 1. The second-order valence-electron chi connectivity index (χ2n) is 5.26. The summed E-state index contributed by atoms with van der Waals surface area (Å²) >= 11 is 0. The van der Waals surface area contributed by atoms with Crippen LogP contribution in [-0.2, 0) is 11.3 Å². The highest BCUT2D eigenvalue weighted by molar-refractivity contribution is 5.97. The molecule has 1 unspecified atom stereocenters. The van der Waals surface area contributed by atoms with Crippen molar-refractivity contribution in [2.75, 3.05) is 13.7 Å². The zero-order valence-corrected chi connectivity index (χ0v) is 13.2. The molecule has 1 atom stereocenters. The van der Waals surface area contributed by atoms with E-state index >= 15 is 0 Å². The minimum Gasteiger partial charge on any atom is -0.383 e. The predicted molar refractivity (Wildman–Crippen MR) is 79.6 cm³/mol. The Bertz CT molecular complexity index is 723. The molecule has 0 aliphatic heterocycles. The maximum atomic E-state index is 12.5. The van der Waals surface area contributed by atoms with Crippen LogP contribution < -0.4 is 0 Å². The van der Waals surface area contributed by atoms with Gasteiger partial charge in [0.15, 0.2) is 5.78 Å². The van der Waals surface area contributed by atoms with E-state index in [1.807, 2.05) is 32.9 Å². The van der Waals surface area contributed by atoms with Gasteiger partial charge in [-0.2, -0.15) is 5.26 Å². The largest absolute Gasteiger partial charge is 0.383 e. The SMILES string of the molecule is COCC(C)n1c(C)cc(C(=O)Cn2cnc(C#N)n2)c1C. The maximum absolute atomic E-state index is 12.5. The zero-order chi connectivity index (χ0) is 16.3. The number of nitriles is 1. The Kier molecular flexibility index (Phi) is 4.73. The summed E-state index contributed by atoms with van der Waals surface area (Å²) in [5, 5.41) is 12.6. The van der Waals surface area contributed by atoms with Crippen LogP contribution in [0.4, 0.5) is 0 Å². The molecule has 2 aromatic rings. The standard InChI is InChI=1S/C15H19N5O2/c1-10-5-13(12(3)20(10)11(2)8-22-4)14(21)7-19-9-17-15(6-16)18-19/h5,9,11H,7-8H2,1-4H3. The smallest absolute Gasteiger partial charge is 0.252 e. The third kappa shape index (κ3) is 3.07. The first-order valence-corrected chi connectivity index (χ1v) is 6.98. The molecule has 0 aliphatic carbocycles. The van der Waals surface area contributed by atoms with Crippen LogP contribution in [0.5, 0.6) is 0 Å². The van der Waals surface area contributed by atoms with Crippen molar-refractivity contribution in [3.63, 3.8) is 0 Å². The van der Waals surface area contributed by atoms with E-state index in [2.05, 4.69) is 14.6 Å². The van der Waals surface area contributed by atoms with Crippen molar-refractivity contribution in [2.24, 2.45) is 0 Å². The summed E-state index contributed by atoms with van der Waals surface area (Å²) in [4.78, 5) is 16.3. The maximum Gasteiger partial charge on any atom is 0.252 e. The Morgan fingerprint density at radius 1 is 1.50 bits per heavy atom. The number of nitrogens with zero attached hydrogens (tertiary/aromatic N) is 5. The monoisotopic (exact) mass is 301 g/mol. The molecule has 0 spiro atoms. The van der Waals surface area contributed by atoms with E-state index in [-0.39, 0.29) is 24.2 Å². The Hall–Kier alpha value is -2.46. The second-order valence-corrected chi connectivity index (χ2v) is 5.26. The van der Waals surface area contributed by atoms with Gasteiger partial charge < -0.3 is 9.30 Å². The van der Waals surface area contributed by atoms with Gasteiger partial charge in [-0.3, -0.25) is 4.79 Å². The number of methoxy groups -OCH3 is 1. The molecule has 0 radical (unpaired) electrons. The highest BCUT2D eigenvalue weighted by atomic mass is 16.5. The molecule has 0 saturated heterocycles. The molecule has 0 amide bonds. The summed E-state index contributed by atoms with van der Waals surface area (Å²) in [5.74, 6) is 0.00495. The van der Waals surface area contributed by atoms with Gasteiger partial charge in [0.1, 0.15) is 18.9 Å². The van der Waals surface area contributed by atoms with Gasteiger partial charge in [-0.15, -0.1) is 5.10 Å². The highest BCUT2D eigenvalue weighted by Crippen LogP contribution is 2.21. The van der Waals surface area contributed by atoms with Crippen LogP contribution in [0.25, 0.3) is 0 Å². The molecular weight excluding hydrogens is 282 g/mol. The van der Waals surface area contributed by atoms with E-state index in [4.69, 9.17) is 10.00 Å². The zero-order valence-electron chi connectivity index (χ0n) is 13.2. The summed E-state index contributed by atoms with van der Waals surface area (Å²) in [6.07, 6.45) is 1.39. The van der Waals surface area contributed by atoms with Gasteiger partial charge >= 0.3 is 0 Å². The average Bonchev–Trinajstić information content (AvgIpc) is 3.03. The van der Waals surface area contributed by atoms with Crippen LogP contribution in [0.3, 0.4) is 0 Å². The van der Waals surface area contributed by atoms with Crippen molar-refractivity contribution >= 4 is 5.78 Å². The fourth-order valence-corrected chi connectivity index (χ4v) is 2.71. The first-order valence-electron chi connectivity index (χ1n) is 6.98. The highest BCUT2D eigenvalue weighted by Gasteiger charge is 2.19. The van der Waals surface area contributed by atoms with Crippen molar-refractivity contribution < 1.29 is 9.53 Å². The number of carbonyl (C=O) groups is 1. The van der Waals surface area contributed by atoms with Gasteiger partial charge in [0, 0.05) is 24.1 Å². The number of ketones is 1. The molecule has 2 rings (SSSR count). The summed E-state index contributed by atoms with van der Waals surface area (Å²) < 4.78 is 8.67. The molecule has 116 valence electrons. The van der Waals surface area contributed by atoms with Gasteiger partial charge in [0.05, 0.1) is 12.6 Å². The number of aryl methyl sites for hydroxylation is 1. The molecular formula is C15H19N5O2. The van der Waals surface area contributed by atoms with Gasteiger partial charge in [-0.05, 0) is 26.8 Å². The summed E-state index contributed by atoms with van der Waals surface area (Å²) in [5.41, 5.74) is 2.59. The molecule has 0 aromatic carbocycles. The van der Waals surface area contributed by atoms with E-state index in [1.54, 1.807) is 7.11 Å². The van der Waals surface area contributed by atoms with E-state index in [0.717, 1.165) is 11.4 Å². The van der Waals surface area contributed by atoms with E-state index < -0.39 is 0 Å². The minimum atomic E-state index is -0.0571. The summed E-state index contributed by atoms with van der Waals surface area (Å²) in [7, 11) is 1.66. The quantitative estimate of drug-likeness (QED) is 0.757. The number of carbonyl (C=O) groups excluding carboxylic acids is 1. The molecule has 7 nitrogen and oxygen atoms in total. The van der Waals surface area contributed by atoms with Gasteiger partial charge in [-0.25, -0.2) is 9.67 Å². The molecule has 0 N–H and O–H groups in total. The van der Waals surface area contributed by atoms with Crippen molar-refractivity contribution in [1.29, 1.82) is 5.26 Å². The summed E-state index contributed by atoms with van der Waals surface area (Å²) in [6, 6.07) is 3.88. The Labute approximate surface area is 129 Å². The number of hydrogen-bond acceptors (Lipinski definition) is 5. The normalized spacial score (nSPS) is 12.1. The molecule has 0 aliphatic rings. The number of aromatic nitrogens is 4. The lowest BCUT2D eigenvalue weighted by molar-refractivity contribution is 0.0966. The topological polar surface area (TPSA) is 85.7 Å². The lowest BCUT2D eigenvalue weighted by atomic mass is 10.1.